The van der Waals surface area contributed by atoms with Gasteiger partial charge in [0, 0.05) is 16.5 Å². The number of ketones is 1. The summed E-state index contributed by atoms with van der Waals surface area (Å²) in [6.45, 7) is 1.88. The quantitative estimate of drug-likeness (QED) is 0.572. The van der Waals surface area contributed by atoms with E-state index in [1.165, 1.54) is 0 Å². The summed E-state index contributed by atoms with van der Waals surface area (Å²) in [7, 11) is 0. The number of aromatic nitrogens is 2. The molecular weight excluding hydrogens is 389 g/mol. The zero-order valence-corrected chi connectivity index (χ0v) is 15.9. The van der Waals surface area contributed by atoms with E-state index in [0.29, 0.717) is 39.7 Å². The number of rotatable bonds is 5. The highest BCUT2D eigenvalue weighted by Gasteiger charge is 2.27. The number of nitrogens with zero attached hydrogens (tertiary/aromatic N) is 3. The number of likely N-dealkylation sites (tertiary alicyclic amines) is 1. The minimum absolute atomic E-state index is 0.00647. The smallest absolute Gasteiger partial charge is 0.283 e. The fourth-order valence-electron chi connectivity index (χ4n) is 3.24. The van der Waals surface area contributed by atoms with Crippen molar-refractivity contribution in [2.45, 2.75) is 18.8 Å². The average molecular weight is 406 g/mol. The van der Waals surface area contributed by atoms with Gasteiger partial charge >= 0.3 is 0 Å². The van der Waals surface area contributed by atoms with E-state index in [2.05, 4.69) is 15.1 Å². The second kappa shape index (κ2) is 7.84. The van der Waals surface area contributed by atoms with Gasteiger partial charge in [0.2, 0.25) is 5.89 Å². The molecule has 0 bridgehead atoms. The number of Topliss-reactive ketones (excluding diaryl/α,β-unsaturated/α-hetero) is 1. The monoisotopic (exact) mass is 405 g/mol. The van der Waals surface area contributed by atoms with Gasteiger partial charge in [-0.2, -0.15) is 0 Å². The van der Waals surface area contributed by atoms with Gasteiger partial charge in [-0.05, 0) is 56.3 Å². The van der Waals surface area contributed by atoms with Crippen LogP contribution in [0.15, 0.2) is 45.4 Å². The van der Waals surface area contributed by atoms with E-state index < -0.39 is 0 Å². The second-order valence-corrected chi connectivity index (χ2v) is 7.36. The Labute approximate surface area is 166 Å². The van der Waals surface area contributed by atoms with Crippen molar-refractivity contribution >= 4 is 29.0 Å². The summed E-state index contributed by atoms with van der Waals surface area (Å²) in [5, 5.41) is 9.12. The van der Waals surface area contributed by atoms with Crippen molar-refractivity contribution in [2.75, 3.05) is 19.6 Å². The van der Waals surface area contributed by atoms with Crippen molar-refractivity contribution in [1.82, 2.24) is 15.1 Å². The van der Waals surface area contributed by atoms with Crippen molar-refractivity contribution in [3.05, 3.63) is 58.1 Å². The van der Waals surface area contributed by atoms with Gasteiger partial charge in [-0.3, -0.25) is 9.69 Å². The maximum absolute atomic E-state index is 12.5. The predicted octanol–water partition coefficient (Wildman–Crippen LogP) is 4.70. The van der Waals surface area contributed by atoms with Crippen molar-refractivity contribution < 1.29 is 13.6 Å². The molecule has 27 heavy (non-hydrogen) atoms. The summed E-state index contributed by atoms with van der Waals surface area (Å²) in [6.07, 6.45) is 3.27. The van der Waals surface area contributed by atoms with Crippen LogP contribution in [0.2, 0.25) is 10.0 Å². The fraction of sp³-hybridized carbons (Fsp3) is 0.316. The molecule has 2 aromatic heterocycles. The third-order valence-electron chi connectivity index (χ3n) is 4.71. The number of hydrogen-bond acceptors (Lipinski definition) is 6. The first kappa shape index (κ1) is 18.2. The molecule has 1 saturated heterocycles. The Morgan fingerprint density at radius 2 is 2.00 bits per heavy atom. The Kier molecular flexibility index (Phi) is 5.29. The molecule has 6 nitrogen and oxygen atoms in total. The second-order valence-electron chi connectivity index (χ2n) is 6.52. The number of carbonyl (C=O) groups excluding carboxylic acids is 1. The molecule has 1 fully saturated rings. The van der Waals surface area contributed by atoms with Crippen LogP contribution in [0.3, 0.4) is 0 Å². The molecule has 3 aromatic rings. The van der Waals surface area contributed by atoms with Crippen LogP contribution in [-0.4, -0.2) is 40.5 Å². The average Bonchev–Trinajstić information content (AvgIpc) is 3.34. The first-order valence-corrected chi connectivity index (χ1v) is 9.43. The minimum atomic E-state index is -0.00647. The molecule has 8 heteroatoms. The van der Waals surface area contributed by atoms with Gasteiger partial charge in [0.1, 0.15) is 0 Å². The molecule has 0 radical (unpaired) electrons. The Balaban J connectivity index is 1.34. The maximum Gasteiger partial charge on any atom is 0.283 e. The van der Waals surface area contributed by atoms with E-state index in [1.807, 2.05) is 0 Å². The van der Waals surface area contributed by atoms with E-state index in [-0.39, 0.29) is 11.7 Å². The summed E-state index contributed by atoms with van der Waals surface area (Å²) < 4.78 is 11.0. The van der Waals surface area contributed by atoms with E-state index in [1.54, 1.807) is 36.6 Å². The first-order chi connectivity index (χ1) is 13.1. The van der Waals surface area contributed by atoms with Gasteiger partial charge in [-0.15, -0.1) is 10.2 Å². The third kappa shape index (κ3) is 4.08. The normalized spacial score (nSPS) is 15.9. The van der Waals surface area contributed by atoms with Crippen LogP contribution in [0.1, 0.15) is 35.0 Å². The van der Waals surface area contributed by atoms with Gasteiger partial charge in [0.25, 0.3) is 5.89 Å². The van der Waals surface area contributed by atoms with Gasteiger partial charge < -0.3 is 8.83 Å². The van der Waals surface area contributed by atoms with Crippen LogP contribution in [0.4, 0.5) is 0 Å². The molecule has 4 rings (SSSR count). The molecule has 0 saturated carbocycles. The lowest BCUT2D eigenvalue weighted by Gasteiger charge is -2.29. The van der Waals surface area contributed by atoms with E-state index in [0.717, 1.165) is 25.9 Å². The van der Waals surface area contributed by atoms with Gasteiger partial charge in [-0.25, -0.2) is 0 Å². The van der Waals surface area contributed by atoms with E-state index in [9.17, 15) is 4.79 Å². The summed E-state index contributed by atoms with van der Waals surface area (Å²) in [4.78, 5) is 14.6. The van der Waals surface area contributed by atoms with Crippen LogP contribution in [0, 0.1) is 0 Å². The van der Waals surface area contributed by atoms with Crippen molar-refractivity contribution in [1.29, 1.82) is 0 Å². The molecule has 1 aromatic carbocycles. The van der Waals surface area contributed by atoms with Crippen LogP contribution in [0.25, 0.3) is 11.7 Å². The number of halogens is 2. The third-order valence-corrected chi connectivity index (χ3v) is 5.26. The van der Waals surface area contributed by atoms with Crippen LogP contribution >= 0.6 is 23.2 Å². The summed E-state index contributed by atoms with van der Waals surface area (Å²) in [6, 6.07) is 8.51. The first-order valence-electron chi connectivity index (χ1n) is 8.68. The topological polar surface area (TPSA) is 72.4 Å². The number of hydrogen-bond donors (Lipinski definition) is 0. The van der Waals surface area contributed by atoms with Gasteiger partial charge in [0.15, 0.2) is 11.5 Å². The lowest BCUT2D eigenvalue weighted by Crippen LogP contribution is -2.37. The van der Waals surface area contributed by atoms with Crippen LogP contribution in [-0.2, 0) is 0 Å². The van der Waals surface area contributed by atoms with Gasteiger partial charge in [0.05, 0.1) is 17.8 Å². The molecule has 0 amide bonds. The summed E-state index contributed by atoms with van der Waals surface area (Å²) in [5.74, 6) is 1.76. The van der Waals surface area contributed by atoms with Crippen LogP contribution < -0.4 is 0 Å². The molecule has 3 heterocycles. The molecule has 0 spiro atoms. The van der Waals surface area contributed by atoms with Crippen molar-refractivity contribution in [2.24, 2.45) is 0 Å². The van der Waals surface area contributed by atoms with E-state index in [4.69, 9.17) is 32.0 Å². The molecule has 0 aliphatic carbocycles. The highest BCUT2D eigenvalue weighted by Crippen LogP contribution is 2.30. The lowest BCUT2D eigenvalue weighted by molar-refractivity contribution is 0.0906. The molecule has 1 aliphatic heterocycles. The zero-order valence-electron chi connectivity index (χ0n) is 14.4. The summed E-state index contributed by atoms with van der Waals surface area (Å²) in [5.41, 5.74) is 0.503. The number of piperidine rings is 1. The highest BCUT2D eigenvalue weighted by atomic mass is 35.5. The minimum Gasteiger partial charge on any atom is -0.459 e. The number of furan rings is 1. The van der Waals surface area contributed by atoms with Crippen molar-refractivity contribution in [3.8, 4) is 11.7 Å². The molecule has 1 aliphatic rings. The molecule has 0 atom stereocenters. The zero-order chi connectivity index (χ0) is 18.8. The SMILES string of the molecule is O=C(CN1CCC(c2nnc(-c3ccco3)o2)CC1)c1ccc(Cl)cc1Cl. The van der Waals surface area contributed by atoms with Gasteiger partial charge in [-0.1, -0.05) is 23.2 Å². The van der Waals surface area contributed by atoms with E-state index >= 15 is 0 Å². The standard InChI is InChI=1S/C19H17Cl2N3O3/c20-13-3-4-14(15(21)10-13)16(25)11-24-7-5-12(6-8-24)18-22-23-19(27-18)17-2-1-9-26-17/h1-4,9-10,12H,5-8,11H2. The molecule has 0 unspecified atom stereocenters. The van der Waals surface area contributed by atoms with Crippen molar-refractivity contribution in [3.63, 3.8) is 0 Å². The Hall–Kier alpha value is -2.15. The molecule has 0 N–H and O–H groups in total. The Morgan fingerprint density at radius 1 is 1.19 bits per heavy atom. The summed E-state index contributed by atoms with van der Waals surface area (Å²) >= 11 is 12.0. The Morgan fingerprint density at radius 3 is 2.70 bits per heavy atom. The number of carbonyl (C=O) groups is 1. The largest absolute Gasteiger partial charge is 0.459 e. The number of benzene rings is 1. The lowest BCUT2D eigenvalue weighted by atomic mass is 9.96. The fourth-order valence-corrected chi connectivity index (χ4v) is 3.76. The predicted molar refractivity (Wildman–Crippen MR) is 101 cm³/mol. The molecule has 140 valence electrons. The van der Waals surface area contributed by atoms with Crippen LogP contribution in [0.5, 0.6) is 0 Å². The Bertz CT molecular complexity index is 932. The highest BCUT2D eigenvalue weighted by molar-refractivity contribution is 6.36. The maximum atomic E-state index is 12.5. The molecular formula is C19H17Cl2N3O3.